The number of hydrogen-bond donors (Lipinski definition) is 2. The maximum Gasteiger partial charge on any atom is 0.252 e. The van der Waals surface area contributed by atoms with Crippen LogP contribution in [0, 0.1) is 13.8 Å². The maximum absolute atomic E-state index is 11.6. The van der Waals surface area contributed by atoms with Crippen molar-refractivity contribution in [3.63, 3.8) is 0 Å². The van der Waals surface area contributed by atoms with Crippen LogP contribution >= 0.6 is 0 Å². The molecule has 0 saturated heterocycles. The number of hydrogen-bond acceptors (Lipinski definition) is 4. The van der Waals surface area contributed by atoms with Crippen molar-refractivity contribution in [2.45, 2.75) is 39.2 Å². The number of H-pyrrole nitrogens is 1. The molecule has 6 heteroatoms. The number of nitrogens with zero attached hydrogens (tertiary/aromatic N) is 3. The summed E-state index contributed by atoms with van der Waals surface area (Å²) in [5, 5.41) is 7.62. The number of nitrogens with one attached hydrogen (secondary N) is 2. The van der Waals surface area contributed by atoms with Gasteiger partial charge in [-0.25, -0.2) is 4.98 Å². The standard InChI is InChI=1S/C14H19N5O/c1-8-11(9(2)19(3)18-8)7-15-12-6-13(20)17-14(16-12)10-4-5-10/h6,10H,4-5,7H2,1-3H3,(H2,15,16,17,20). The zero-order chi connectivity index (χ0) is 14.3. The minimum atomic E-state index is -0.0935. The molecule has 0 aliphatic heterocycles. The molecule has 1 saturated carbocycles. The third kappa shape index (κ3) is 2.45. The third-order valence-corrected chi connectivity index (χ3v) is 3.83. The van der Waals surface area contributed by atoms with Gasteiger partial charge in [0.25, 0.3) is 5.56 Å². The van der Waals surface area contributed by atoms with Crippen molar-refractivity contribution in [3.05, 3.63) is 39.2 Å². The normalized spacial score (nSPS) is 14.6. The van der Waals surface area contributed by atoms with Gasteiger partial charge in [0, 0.05) is 36.8 Å². The SMILES string of the molecule is Cc1nn(C)c(C)c1CNc1cc(=O)[nH]c(C2CC2)n1. The molecule has 0 bridgehead atoms. The van der Waals surface area contributed by atoms with E-state index in [0.29, 0.717) is 18.3 Å². The second-order valence-electron chi connectivity index (χ2n) is 5.42. The van der Waals surface area contributed by atoms with E-state index in [2.05, 4.69) is 20.4 Å². The molecule has 2 aromatic rings. The van der Waals surface area contributed by atoms with E-state index in [4.69, 9.17) is 0 Å². The van der Waals surface area contributed by atoms with Gasteiger partial charge in [0.05, 0.1) is 5.69 Å². The lowest BCUT2D eigenvalue weighted by atomic mass is 10.2. The monoisotopic (exact) mass is 273 g/mol. The van der Waals surface area contributed by atoms with Crippen molar-refractivity contribution in [1.29, 1.82) is 0 Å². The zero-order valence-electron chi connectivity index (χ0n) is 12.0. The molecule has 6 nitrogen and oxygen atoms in total. The number of anilines is 1. The van der Waals surface area contributed by atoms with E-state index in [1.807, 2.05) is 25.6 Å². The molecule has 2 N–H and O–H groups in total. The van der Waals surface area contributed by atoms with Crippen LogP contribution in [0.1, 0.15) is 41.5 Å². The van der Waals surface area contributed by atoms with Gasteiger partial charge in [-0.2, -0.15) is 5.10 Å². The summed E-state index contributed by atoms with van der Waals surface area (Å²) in [5.74, 6) is 1.88. The van der Waals surface area contributed by atoms with Crippen LogP contribution < -0.4 is 10.9 Å². The molecule has 20 heavy (non-hydrogen) atoms. The molecule has 2 aromatic heterocycles. The Morgan fingerprint density at radius 2 is 2.20 bits per heavy atom. The van der Waals surface area contributed by atoms with Gasteiger partial charge < -0.3 is 10.3 Å². The first-order valence-corrected chi connectivity index (χ1v) is 6.89. The molecule has 0 radical (unpaired) electrons. The topological polar surface area (TPSA) is 75.6 Å². The molecule has 0 atom stereocenters. The van der Waals surface area contributed by atoms with Gasteiger partial charge in [-0.3, -0.25) is 9.48 Å². The predicted molar refractivity (Wildman–Crippen MR) is 76.8 cm³/mol. The molecular formula is C14H19N5O. The van der Waals surface area contributed by atoms with Crippen molar-refractivity contribution in [2.24, 2.45) is 7.05 Å². The summed E-state index contributed by atoms with van der Waals surface area (Å²) in [6.07, 6.45) is 2.24. The van der Waals surface area contributed by atoms with Crippen molar-refractivity contribution in [1.82, 2.24) is 19.7 Å². The van der Waals surface area contributed by atoms with Crippen molar-refractivity contribution in [2.75, 3.05) is 5.32 Å². The Bertz CT molecular complexity index is 696. The van der Waals surface area contributed by atoms with Gasteiger partial charge in [-0.1, -0.05) is 0 Å². The summed E-state index contributed by atoms with van der Waals surface area (Å²) in [5.41, 5.74) is 3.19. The van der Waals surface area contributed by atoms with Gasteiger partial charge in [0.1, 0.15) is 11.6 Å². The fourth-order valence-corrected chi connectivity index (χ4v) is 2.37. The van der Waals surface area contributed by atoms with Gasteiger partial charge in [0.2, 0.25) is 0 Å². The highest BCUT2D eigenvalue weighted by atomic mass is 16.1. The number of rotatable bonds is 4. The van der Waals surface area contributed by atoms with Crippen molar-refractivity contribution in [3.8, 4) is 0 Å². The molecule has 1 fully saturated rings. The average molecular weight is 273 g/mol. The molecule has 0 spiro atoms. The Morgan fingerprint density at radius 1 is 1.45 bits per heavy atom. The number of aromatic amines is 1. The molecular weight excluding hydrogens is 254 g/mol. The predicted octanol–water partition coefficient (Wildman–Crippen LogP) is 1.61. The lowest BCUT2D eigenvalue weighted by Crippen LogP contribution is -2.13. The van der Waals surface area contributed by atoms with E-state index in [1.54, 1.807) is 0 Å². The first kappa shape index (κ1) is 12.9. The largest absolute Gasteiger partial charge is 0.366 e. The Labute approximate surface area is 117 Å². The van der Waals surface area contributed by atoms with E-state index >= 15 is 0 Å². The average Bonchev–Trinajstić information content (AvgIpc) is 3.18. The molecule has 3 rings (SSSR count). The van der Waals surface area contributed by atoms with Gasteiger partial charge in [-0.15, -0.1) is 0 Å². The number of aromatic nitrogens is 4. The Morgan fingerprint density at radius 3 is 2.80 bits per heavy atom. The van der Waals surface area contributed by atoms with Crippen LogP contribution in [0.15, 0.2) is 10.9 Å². The van der Waals surface area contributed by atoms with Crippen LogP contribution in [0.2, 0.25) is 0 Å². The Balaban J connectivity index is 1.79. The minimum Gasteiger partial charge on any atom is -0.366 e. The molecule has 2 heterocycles. The molecule has 0 unspecified atom stereocenters. The molecule has 1 aliphatic rings. The maximum atomic E-state index is 11.6. The summed E-state index contributed by atoms with van der Waals surface area (Å²) in [7, 11) is 1.93. The second-order valence-corrected chi connectivity index (χ2v) is 5.42. The molecule has 1 aliphatic carbocycles. The highest BCUT2D eigenvalue weighted by Gasteiger charge is 2.26. The Hall–Kier alpha value is -2.11. The first-order valence-electron chi connectivity index (χ1n) is 6.89. The first-order chi connectivity index (χ1) is 9.54. The lowest BCUT2D eigenvalue weighted by Gasteiger charge is -2.07. The molecule has 106 valence electrons. The highest BCUT2D eigenvalue weighted by molar-refractivity contribution is 5.37. The highest BCUT2D eigenvalue weighted by Crippen LogP contribution is 2.37. The quantitative estimate of drug-likeness (QED) is 0.887. The van der Waals surface area contributed by atoms with Gasteiger partial charge in [-0.05, 0) is 26.7 Å². The van der Waals surface area contributed by atoms with E-state index in [9.17, 15) is 4.79 Å². The van der Waals surface area contributed by atoms with Crippen LogP contribution in [-0.2, 0) is 13.6 Å². The fourth-order valence-electron chi connectivity index (χ4n) is 2.37. The van der Waals surface area contributed by atoms with Crippen molar-refractivity contribution >= 4 is 5.82 Å². The number of aryl methyl sites for hydroxylation is 2. The van der Waals surface area contributed by atoms with Crippen LogP contribution in [0.5, 0.6) is 0 Å². The van der Waals surface area contributed by atoms with Crippen LogP contribution in [0.25, 0.3) is 0 Å². The van der Waals surface area contributed by atoms with E-state index < -0.39 is 0 Å². The summed E-state index contributed by atoms with van der Waals surface area (Å²) < 4.78 is 1.87. The summed E-state index contributed by atoms with van der Waals surface area (Å²) in [6, 6.07) is 1.51. The third-order valence-electron chi connectivity index (χ3n) is 3.83. The summed E-state index contributed by atoms with van der Waals surface area (Å²) >= 11 is 0. The van der Waals surface area contributed by atoms with Gasteiger partial charge in [0.15, 0.2) is 0 Å². The van der Waals surface area contributed by atoms with Crippen LogP contribution in [-0.4, -0.2) is 19.7 Å². The van der Waals surface area contributed by atoms with Crippen molar-refractivity contribution < 1.29 is 0 Å². The molecule has 0 aromatic carbocycles. The Kier molecular flexibility index (Phi) is 3.08. The summed E-state index contributed by atoms with van der Waals surface area (Å²) in [6.45, 7) is 4.66. The second kappa shape index (κ2) is 4.77. The molecule has 0 amide bonds. The van der Waals surface area contributed by atoms with E-state index in [0.717, 1.165) is 35.6 Å². The zero-order valence-corrected chi connectivity index (χ0v) is 12.0. The van der Waals surface area contributed by atoms with E-state index in [-0.39, 0.29) is 5.56 Å². The van der Waals surface area contributed by atoms with Gasteiger partial charge >= 0.3 is 0 Å². The summed E-state index contributed by atoms with van der Waals surface area (Å²) in [4.78, 5) is 18.9. The fraction of sp³-hybridized carbons (Fsp3) is 0.500. The van der Waals surface area contributed by atoms with Crippen LogP contribution in [0.3, 0.4) is 0 Å². The van der Waals surface area contributed by atoms with E-state index in [1.165, 1.54) is 6.07 Å². The minimum absolute atomic E-state index is 0.0935. The van der Waals surface area contributed by atoms with Crippen LogP contribution in [0.4, 0.5) is 5.82 Å². The smallest absolute Gasteiger partial charge is 0.252 e. The lowest BCUT2D eigenvalue weighted by molar-refractivity contribution is 0.730.